The van der Waals surface area contributed by atoms with Crippen molar-refractivity contribution in [2.24, 2.45) is 10.8 Å². The molecule has 2 aromatic rings. The lowest BCUT2D eigenvalue weighted by atomic mass is 9.86. The molecule has 0 radical (unpaired) electrons. The van der Waals surface area contributed by atoms with Crippen LogP contribution in [0.1, 0.15) is 72.4 Å². The van der Waals surface area contributed by atoms with E-state index in [-0.39, 0.29) is 18.0 Å². The molecular weight excluding hydrogens is 537 g/mol. The summed E-state index contributed by atoms with van der Waals surface area (Å²) in [5, 5.41) is 0.993. The van der Waals surface area contributed by atoms with E-state index in [9.17, 15) is 9.59 Å². The number of fused-ring (bicyclic) bond motifs is 1. The Morgan fingerprint density at radius 2 is 1.51 bits per heavy atom. The topological polar surface area (TPSA) is 65.1 Å². The van der Waals surface area contributed by atoms with Crippen LogP contribution in [0.15, 0.2) is 30.3 Å². The Labute approximate surface area is 242 Å². The molecule has 0 N–H and O–H groups in total. The fraction of sp³-hybridized carbons (Fsp3) is 0.548. The zero-order chi connectivity index (χ0) is 29.0. The van der Waals surface area contributed by atoms with Gasteiger partial charge in [-0.3, -0.25) is 14.5 Å². The van der Waals surface area contributed by atoms with E-state index in [1.807, 2.05) is 26.8 Å². The van der Waals surface area contributed by atoms with E-state index in [1.165, 1.54) is 0 Å². The van der Waals surface area contributed by atoms with Crippen molar-refractivity contribution in [2.45, 2.75) is 80.2 Å². The lowest BCUT2D eigenvalue weighted by molar-refractivity contribution is -0.145. The molecule has 6 nitrogen and oxygen atoms in total. The molecule has 0 aliphatic heterocycles. The van der Waals surface area contributed by atoms with Gasteiger partial charge < -0.3 is 14.2 Å². The maximum absolute atomic E-state index is 12.9. The maximum atomic E-state index is 12.9. The highest BCUT2D eigenvalue weighted by atomic mass is 35.5. The predicted molar refractivity (Wildman–Crippen MR) is 156 cm³/mol. The molecule has 1 unspecified atom stereocenters. The quantitative estimate of drug-likeness (QED) is 0.226. The van der Waals surface area contributed by atoms with Crippen molar-refractivity contribution in [2.75, 3.05) is 19.7 Å². The van der Waals surface area contributed by atoms with Crippen LogP contribution in [-0.4, -0.2) is 42.6 Å². The minimum Gasteiger partial charge on any atom is -0.489 e. The zero-order valence-electron chi connectivity index (χ0n) is 24.2. The normalized spacial score (nSPS) is 15.6. The summed E-state index contributed by atoms with van der Waals surface area (Å²) in [6, 6.07) is 9.36. The van der Waals surface area contributed by atoms with Crippen molar-refractivity contribution in [1.29, 1.82) is 0 Å². The minimum absolute atomic E-state index is 0.289. The number of carbonyl (C=O) groups excluding carboxylic acids is 2. The van der Waals surface area contributed by atoms with Gasteiger partial charge in [-0.2, -0.15) is 0 Å². The summed E-state index contributed by atoms with van der Waals surface area (Å²) >= 11 is 12.5. The van der Waals surface area contributed by atoms with Gasteiger partial charge in [0.2, 0.25) is 0 Å². The maximum Gasteiger partial charge on any atom is 0.316 e. The molecule has 214 valence electrons. The summed E-state index contributed by atoms with van der Waals surface area (Å²) in [6.07, 6.45) is 3.36. The van der Waals surface area contributed by atoms with Crippen LogP contribution in [0.25, 0.3) is 0 Å². The van der Waals surface area contributed by atoms with Crippen molar-refractivity contribution < 1.29 is 23.8 Å². The monoisotopic (exact) mass is 577 g/mol. The van der Waals surface area contributed by atoms with Crippen LogP contribution in [0, 0.1) is 10.8 Å². The van der Waals surface area contributed by atoms with Gasteiger partial charge in [0.25, 0.3) is 0 Å². The van der Waals surface area contributed by atoms with Gasteiger partial charge >= 0.3 is 11.9 Å². The molecule has 0 fully saturated rings. The molecular formula is C31H41Cl2NO5. The molecule has 0 saturated carbocycles. The Morgan fingerprint density at radius 1 is 0.897 bits per heavy atom. The number of nitrogens with zero attached hydrogens (tertiary/aromatic N) is 1. The van der Waals surface area contributed by atoms with E-state index in [1.54, 1.807) is 45.0 Å². The van der Waals surface area contributed by atoms with E-state index in [4.69, 9.17) is 37.4 Å². The summed E-state index contributed by atoms with van der Waals surface area (Å²) in [6.45, 7) is 15.1. The number of esters is 2. The molecule has 0 aromatic heterocycles. The van der Waals surface area contributed by atoms with Gasteiger partial charge in [-0.05, 0) is 97.5 Å². The van der Waals surface area contributed by atoms with Crippen LogP contribution in [0.4, 0.5) is 0 Å². The zero-order valence-corrected chi connectivity index (χ0v) is 25.7. The summed E-state index contributed by atoms with van der Waals surface area (Å²) in [5.74, 6) is 0.419. The first-order valence-corrected chi connectivity index (χ1v) is 14.4. The van der Waals surface area contributed by atoms with Gasteiger partial charge in [-0.1, -0.05) is 42.3 Å². The van der Waals surface area contributed by atoms with Gasteiger partial charge in [0.15, 0.2) is 17.2 Å². The van der Waals surface area contributed by atoms with Crippen molar-refractivity contribution in [3.8, 4) is 17.2 Å². The van der Waals surface area contributed by atoms with Crippen LogP contribution >= 0.6 is 23.2 Å². The highest BCUT2D eigenvalue weighted by molar-refractivity contribution is 6.37. The highest BCUT2D eigenvalue weighted by Crippen LogP contribution is 2.41. The standard InChI is InChI=1S/C31H41Cl2NO5/c1-8-16-34(17-18-37-27-23(32)10-9-11-24(27)33)21-13-14-22-20(19-21)12-15-25(38-28(35)30(2,3)4)26(22)39-29(36)31(5,6)7/h9-12,15,21H,8,13-14,16-19H2,1-7H3. The second-order valence-corrected chi connectivity index (χ2v) is 13.0. The van der Waals surface area contributed by atoms with E-state index in [0.717, 1.165) is 43.5 Å². The second-order valence-electron chi connectivity index (χ2n) is 12.1. The van der Waals surface area contributed by atoms with Gasteiger partial charge in [0, 0.05) is 18.2 Å². The van der Waals surface area contributed by atoms with Crippen molar-refractivity contribution >= 4 is 35.1 Å². The van der Waals surface area contributed by atoms with E-state index < -0.39 is 10.8 Å². The smallest absolute Gasteiger partial charge is 0.316 e. The summed E-state index contributed by atoms with van der Waals surface area (Å²) < 4.78 is 17.6. The number of carbonyl (C=O) groups is 2. The lowest BCUT2D eigenvalue weighted by Gasteiger charge is -2.36. The number of benzene rings is 2. The van der Waals surface area contributed by atoms with Gasteiger partial charge in [-0.25, -0.2) is 0 Å². The second kappa shape index (κ2) is 12.9. The first kappa shape index (κ1) is 31.3. The van der Waals surface area contributed by atoms with E-state index in [2.05, 4.69) is 11.8 Å². The largest absolute Gasteiger partial charge is 0.489 e. The Kier molecular flexibility index (Phi) is 10.4. The summed E-state index contributed by atoms with van der Waals surface area (Å²) in [4.78, 5) is 28.0. The molecule has 8 heteroatoms. The molecule has 0 heterocycles. The Balaban J connectivity index is 1.82. The van der Waals surface area contributed by atoms with Gasteiger partial charge in [0.05, 0.1) is 20.9 Å². The minimum atomic E-state index is -0.701. The number of ether oxygens (including phenoxy) is 3. The summed E-state index contributed by atoms with van der Waals surface area (Å²) in [5.41, 5.74) is 0.630. The molecule has 39 heavy (non-hydrogen) atoms. The lowest BCUT2D eigenvalue weighted by Crippen LogP contribution is -2.42. The van der Waals surface area contributed by atoms with Crippen molar-refractivity contribution in [1.82, 2.24) is 4.90 Å². The van der Waals surface area contributed by atoms with Crippen LogP contribution in [0.3, 0.4) is 0 Å². The van der Waals surface area contributed by atoms with E-state index in [0.29, 0.717) is 40.3 Å². The van der Waals surface area contributed by atoms with Crippen LogP contribution < -0.4 is 14.2 Å². The number of hydrogen-bond acceptors (Lipinski definition) is 6. The average molecular weight is 579 g/mol. The molecule has 0 amide bonds. The van der Waals surface area contributed by atoms with Crippen LogP contribution in [0.2, 0.25) is 10.0 Å². The Morgan fingerprint density at radius 3 is 2.10 bits per heavy atom. The third-order valence-electron chi connectivity index (χ3n) is 6.70. The molecule has 0 saturated heterocycles. The van der Waals surface area contributed by atoms with E-state index >= 15 is 0 Å². The Bertz CT molecular complexity index is 1160. The molecule has 1 atom stereocenters. The number of halogens is 2. The van der Waals surface area contributed by atoms with Crippen LogP contribution in [-0.2, 0) is 22.4 Å². The third kappa shape index (κ3) is 8.12. The SMILES string of the molecule is CCCN(CCOc1c(Cl)cccc1Cl)C1CCc2c(ccc(OC(=O)C(C)(C)C)c2OC(=O)C(C)(C)C)C1. The molecule has 3 rings (SSSR count). The first-order chi connectivity index (χ1) is 18.2. The molecule has 0 spiro atoms. The predicted octanol–water partition coefficient (Wildman–Crippen LogP) is 7.54. The molecule has 1 aliphatic rings. The van der Waals surface area contributed by atoms with Gasteiger partial charge in [-0.15, -0.1) is 0 Å². The fourth-order valence-electron chi connectivity index (χ4n) is 4.43. The first-order valence-electron chi connectivity index (χ1n) is 13.6. The summed E-state index contributed by atoms with van der Waals surface area (Å²) in [7, 11) is 0. The molecule has 2 aromatic carbocycles. The molecule has 1 aliphatic carbocycles. The Hall–Kier alpha value is -2.28. The van der Waals surface area contributed by atoms with Gasteiger partial charge in [0.1, 0.15) is 6.61 Å². The van der Waals surface area contributed by atoms with Crippen LogP contribution in [0.5, 0.6) is 17.2 Å². The third-order valence-corrected chi connectivity index (χ3v) is 7.29. The average Bonchev–Trinajstić information content (AvgIpc) is 2.85. The van der Waals surface area contributed by atoms with Crippen molar-refractivity contribution in [3.63, 3.8) is 0 Å². The number of hydrogen-bond donors (Lipinski definition) is 0. The molecule has 0 bridgehead atoms. The number of rotatable bonds is 9. The number of para-hydroxylation sites is 1. The van der Waals surface area contributed by atoms with Crippen molar-refractivity contribution in [3.05, 3.63) is 51.5 Å². The fourth-order valence-corrected chi connectivity index (χ4v) is 4.94. The highest BCUT2D eigenvalue weighted by Gasteiger charge is 2.33.